The Morgan fingerprint density at radius 2 is 2.30 bits per heavy atom. The number of nitro groups is 1. The van der Waals surface area contributed by atoms with Crippen molar-refractivity contribution in [2.45, 2.75) is 23.9 Å². The Bertz CT molecular complexity index is 762. The van der Waals surface area contributed by atoms with Crippen molar-refractivity contribution in [3.05, 3.63) is 39.2 Å². The van der Waals surface area contributed by atoms with Gasteiger partial charge in [-0.25, -0.2) is 4.98 Å². The van der Waals surface area contributed by atoms with Gasteiger partial charge in [-0.3, -0.25) is 20.0 Å². The number of nitro benzene ring substituents is 1. The molecule has 10 heteroatoms. The number of hydrogen-bond acceptors (Lipinski definition) is 6. The number of non-ortho nitro benzene ring substituents is 1. The second-order valence-corrected chi connectivity index (χ2v) is 6.39. The van der Waals surface area contributed by atoms with Gasteiger partial charge in [-0.1, -0.05) is 23.4 Å². The molecule has 2 aromatic rings. The Morgan fingerprint density at radius 1 is 1.52 bits per heavy atom. The Kier molecular flexibility index (Phi) is 4.49. The van der Waals surface area contributed by atoms with Crippen molar-refractivity contribution in [3.63, 3.8) is 0 Å². The van der Waals surface area contributed by atoms with E-state index in [1.165, 1.54) is 30.0 Å². The maximum atomic E-state index is 11.9. The minimum Gasteiger partial charge on any atom is -0.324 e. The van der Waals surface area contributed by atoms with Gasteiger partial charge in [0.25, 0.3) is 5.69 Å². The molecule has 120 valence electrons. The number of hydrogen-bond donors (Lipinski definition) is 2. The molecule has 1 fully saturated rings. The highest BCUT2D eigenvalue weighted by Crippen LogP contribution is 2.38. The summed E-state index contributed by atoms with van der Waals surface area (Å²) in [5.74, 6) is 1.18. The van der Waals surface area contributed by atoms with Gasteiger partial charge in [-0.2, -0.15) is 0 Å². The van der Waals surface area contributed by atoms with Gasteiger partial charge in [-0.15, -0.1) is 5.10 Å². The summed E-state index contributed by atoms with van der Waals surface area (Å²) in [5.41, 5.74) is 0.201. The van der Waals surface area contributed by atoms with Crippen molar-refractivity contribution in [2.24, 2.45) is 0 Å². The van der Waals surface area contributed by atoms with E-state index in [-0.39, 0.29) is 22.4 Å². The van der Waals surface area contributed by atoms with Crippen LogP contribution in [0.5, 0.6) is 0 Å². The predicted molar refractivity (Wildman–Crippen MR) is 85.8 cm³/mol. The number of rotatable bonds is 6. The van der Waals surface area contributed by atoms with Crippen molar-refractivity contribution in [3.8, 4) is 0 Å². The highest BCUT2D eigenvalue weighted by Gasteiger charge is 2.27. The normalized spacial score (nSPS) is 13.8. The molecule has 0 spiro atoms. The van der Waals surface area contributed by atoms with Crippen molar-refractivity contribution in [1.29, 1.82) is 0 Å². The number of thioether (sulfide) groups is 1. The Labute approximate surface area is 140 Å². The fourth-order valence-corrected chi connectivity index (χ4v) is 2.72. The third-order valence-corrected chi connectivity index (χ3v) is 4.38. The summed E-state index contributed by atoms with van der Waals surface area (Å²) >= 11 is 7.14. The number of nitrogens with one attached hydrogen (secondary N) is 2. The highest BCUT2D eigenvalue weighted by molar-refractivity contribution is 7.99. The van der Waals surface area contributed by atoms with E-state index in [9.17, 15) is 14.9 Å². The number of anilines is 1. The van der Waals surface area contributed by atoms with Crippen LogP contribution in [0.2, 0.25) is 5.02 Å². The highest BCUT2D eigenvalue weighted by atomic mass is 35.5. The topological polar surface area (TPSA) is 114 Å². The third kappa shape index (κ3) is 3.99. The van der Waals surface area contributed by atoms with E-state index in [0.717, 1.165) is 18.7 Å². The van der Waals surface area contributed by atoms with E-state index in [0.29, 0.717) is 16.8 Å². The molecule has 0 unspecified atom stereocenters. The number of nitrogens with zero attached hydrogens (tertiary/aromatic N) is 3. The van der Waals surface area contributed by atoms with E-state index in [1.807, 2.05) is 0 Å². The van der Waals surface area contributed by atoms with Crippen LogP contribution in [0.4, 0.5) is 11.4 Å². The molecule has 3 rings (SSSR count). The van der Waals surface area contributed by atoms with Gasteiger partial charge in [0.05, 0.1) is 21.4 Å². The Morgan fingerprint density at radius 3 is 2.96 bits per heavy atom. The van der Waals surface area contributed by atoms with Gasteiger partial charge in [0, 0.05) is 18.1 Å². The molecular formula is C13H12ClN5O3S. The Balaban J connectivity index is 1.55. The summed E-state index contributed by atoms with van der Waals surface area (Å²) in [6, 6.07) is 3.88. The van der Waals surface area contributed by atoms with Crippen LogP contribution in [-0.2, 0) is 4.79 Å². The van der Waals surface area contributed by atoms with E-state index >= 15 is 0 Å². The lowest BCUT2D eigenvalue weighted by molar-refractivity contribution is -0.384. The molecule has 0 atom stereocenters. The number of aromatic amines is 1. The van der Waals surface area contributed by atoms with E-state index in [1.54, 1.807) is 0 Å². The Hall–Kier alpha value is -2.13. The second kappa shape index (κ2) is 6.55. The molecule has 1 aliphatic carbocycles. The van der Waals surface area contributed by atoms with Gasteiger partial charge >= 0.3 is 0 Å². The molecule has 2 N–H and O–H groups in total. The van der Waals surface area contributed by atoms with Crippen LogP contribution in [-0.4, -0.2) is 31.8 Å². The first-order valence-electron chi connectivity index (χ1n) is 6.82. The van der Waals surface area contributed by atoms with E-state index in [4.69, 9.17) is 11.6 Å². The number of carbonyl (C=O) groups is 1. The van der Waals surface area contributed by atoms with E-state index in [2.05, 4.69) is 20.5 Å². The molecule has 23 heavy (non-hydrogen) atoms. The maximum absolute atomic E-state index is 11.9. The zero-order chi connectivity index (χ0) is 16.4. The summed E-state index contributed by atoms with van der Waals surface area (Å²) in [6.07, 6.45) is 2.25. The van der Waals surface area contributed by atoms with Crippen LogP contribution in [0.3, 0.4) is 0 Å². The fourth-order valence-electron chi connectivity index (χ4n) is 1.90. The van der Waals surface area contributed by atoms with E-state index < -0.39 is 4.92 Å². The fraction of sp³-hybridized carbons (Fsp3) is 0.308. The smallest absolute Gasteiger partial charge is 0.271 e. The molecule has 1 aromatic carbocycles. The van der Waals surface area contributed by atoms with Crippen molar-refractivity contribution in [2.75, 3.05) is 11.1 Å². The van der Waals surface area contributed by atoms with Crippen LogP contribution in [0, 0.1) is 10.1 Å². The van der Waals surface area contributed by atoms with Crippen LogP contribution >= 0.6 is 23.4 Å². The molecule has 8 nitrogen and oxygen atoms in total. The predicted octanol–water partition coefficient (Wildman–Crippen LogP) is 2.97. The molecule has 1 aliphatic rings. The van der Waals surface area contributed by atoms with Crippen LogP contribution < -0.4 is 5.32 Å². The molecule has 1 heterocycles. The molecule has 0 radical (unpaired) electrons. The summed E-state index contributed by atoms with van der Waals surface area (Å²) in [6.45, 7) is 0. The molecule has 1 saturated carbocycles. The molecule has 0 saturated heterocycles. The van der Waals surface area contributed by atoms with Gasteiger partial charge in [0.2, 0.25) is 11.1 Å². The summed E-state index contributed by atoms with van der Waals surface area (Å²) in [5, 5.41) is 20.8. The summed E-state index contributed by atoms with van der Waals surface area (Å²) in [7, 11) is 0. The number of halogens is 1. The maximum Gasteiger partial charge on any atom is 0.271 e. The monoisotopic (exact) mass is 353 g/mol. The molecule has 1 amide bonds. The second-order valence-electron chi connectivity index (χ2n) is 5.04. The van der Waals surface area contributed by atoms with Crippen molar-refractivity contribution in [1.82, 2.24) is 15.2 Å². The zero-order valence-electron chi connectivity index (χ0n) is 11.8. The average molecular weight is 354 g/mol. The average Bonchev–Trinajstić information content (AvgIpc) is 3.26. The number of carbonyl (C=O) groups excluding carboxylic acids is 1. The molecule has 1 aromatic heterocycles. The summed E-state index contributed by atoms with van der Waals surface area (Å²) < 4.78 is 0. The number of benzene rings is 1. The van der Waals surface area contributed by atoms with Gasteiger partial charge in [0.15, 0.2) is 0 Å². The van der Waals surface area contributed by atoms with Crippen LogP contribution in [0.15, 0.2) is 23.4 Å². The largest absolute Gasteiger partial charge is 0.324 e. The standard InChI is InChI=1S/C13H12ClN5O3S/c14-9-5-8(19(21)22)3-4-10(9)15-11(20)6-23-13-16-12(17-18-13)7-1-2-7/h3-5,7H,1-2,6H2,(H,15,20)(H,16,17,18). The first kappa shape index (κ1) is 15.8. The number of H-pyrrole nitrogens is 1. The van der Waals surface area contributed by atoms with Crippen LogP contribution in [0.1, 0.15) is 24.6 Å². The van der Waals surface area contributed by atoms with Crippen molar-refractivity contribution < 1.29 is 9.72 Å². The van der Waals surface area contributed by atoms with Crippen LogP contribution in [0.25, 0.3) is 0 Å². The van der Waals surface area contributed by atoms with Gasteiger partial charge in [0.1, 0.15) is 5.82 Å². The lowest BCUT2D eigenvalue weighted by Crippen LogP contribution is -2.14. The third-order valence-electron chi connectivity index (χ3n) is 3.22. The lowest BCUT2D eigenvalue weighted by Gasteiger charge is -2.06. The SMILES string of the molecule is O=C(CSc1n[nH]c(C2CC2)n1)Nc1ccc([N+](=O)[O-])cc1Cl. The van der Waals surface area contributed by atoms with Gasteiger partial charge in [-0.05, 0) is 18.9 Å². The minimum absolute atomic E-state index is 0.117. The lowest BCUT2D eigenvalue weighted by atomic mass is 10.3. The molecule has 0 aliphatic heterocycles. The quantitative estimate of drug-likeness (QED) is 0.468. The zero-order valence-corrected chi connectivity index (χ0v) is 13.4. The first-order valence-corrected chi connectivity index (χ1v) is 8.18. The van der Waals surface area contributed by atoms with Crippen molar-refractivity contribution >= 4 is 40.6 Å². The van der Waals surface area contributed by atoms with Gasteiger partial charge < -0.3 is 5.32 Å². The molecule has 0 bridgehead atoms. The first-order chi connectivity index (χ1) is 11.0. The minimum atomic E-state index is -0.548. The molecular weight excluding hydrogens is 342 g/mol. The summed E-state index contributed by atoms with van der Waals surface area (Å²) in [4.78, 5) is 26.3. The number of amides is 1. The number of aromatic nitrogens is 3.